The summed E-state index contributed by atoms with van der Waals surface area (Å²) in [5.41, 5.74) is 9.19. The molecule has 6 N–H and O–H groups in total. The van der Waals surface area contributed by atoms with Gasteiger partial charge in [-0.1, -0.05) is 110 Å². The van der Waals surface area contributed by atoms with Crippen molar-refractivity contribution in [3.05, 3.63) is 120 Å². The number of hydrogen-bond acceptors (Lipinski definition) is 4. The van der Waals surface area contributed by atoms with Crippen molar-refractivity contribution >= 4 is 28.5 Å². The summed E-state index contributed by atoms with van der Waals surface area (Å²) in [7, 11) is 0. The number of benzene rings is 4. The van der Waals surface area contributed by atoms with Gasteiger partial charge in [-0.15, -0.1) is 0 Å². The van der Waals surface area contributed by atoms with Crippen molar-refractivity contribution in [3.8, 4) is 0 Å². The number of guanidine groups is 1. The molecule has 1 saturated heterocycles. The fourth-order valence-electron chi connectivity index (χ4n) is 6.56. The molecule has 8 nitrogen and oxygen atoms in total. The minimum Gasteiger partial charge on any atom is -0.370 e. The van der Waals surface area contributed by atoms with Gasteiger partial charge in [0.05, 0.1) is 6.04 Å². The number of nitrogens with zero attached hydrogens (tertiary/aromatic N) is 1. The molecule has 1 fully saturated rings. The van der Waals surface area contributed by atoms with Crippen LogP contribution < -0.4 is 21.7 Å². The van der Waals surface area contributed by atoms with E-state index in [2.05, 4.69) is 70.5 Å². The Morgan fingerprint density at radius 3 is 2.13 bits per heavy atom. The zero-order valence-electron chi connectivity index (χ0n) is 26.1. The van der Waals surface area contributed by atoms with Crippen LogP contribution in [0.4, 0.5) is 0 Å². The number of nitrogens with two attached hydrogens (primary N) is 1. The van der Waals surface area contributed by atoms with Gasteiger partial charge in [-0.25, -0.2) is 0 Å². The third kappa shape index (κ3) is 8.08. The van der Waals surface area contributed by atoms with Crippen LogP contribution in [0.25, 0.3) is 10.8 Å². The SMILES string of the molecule is CCC(NC(=N)N)[C@@H]1N[C@H]([C@H](Cc2ccc3ccccc3c2)NC(C)=O)CCN(CC(c2ccccc2)c2ccccc2)C1=O. The lowest BCUT2D eigenvalue weighted by molar-refractivity contribution is -0.133. The number of fused-ring (bicyclic) bond motifs is 1. The lowest BCUT2D eigenvalue weighted by Gasteiger charge is -2.34. The van der Waals surface area contributed by atoms with Crippen LogP contribution in [-0.4, -0.2) is 59.9 Å². The van der Waals surface area contributed by atoms with Gasteiger partial charge >= 0.3 is 0 Å². The third-order valence-electron chi connectivity index (χ3n) is 8.82. The zero-order valence-corrected chi connectivity index (χ0v) is 26.1. The molecule has 8 heteroatoms. The van der Waals surface area contributed by atoms with Gasteiger partial charge in [0.2, 0.25) is 11.8 Å². The van der Waals surface area contributed by atoms with Gasteiger partial charge in [-0.2, -0.15) is 0 Å². The molecule has 0 bridgehead atoms. The minimum atomic E-state index is -0.647. The van der Waals surface area contributed by atoms with Crippen molar-refractivity contribution < 1.29 is 9.59 Å². The fourth-order valence-corrected chi connectivity index (χ4v) is 6.56. The molecule has 0 saturated carbocycles. The number of rotatable bonds is 11. The molecule has 4 atom stereocenters. The first-order valence-electron chi connectivity index (χ1n) is 15.8. The molecule has 2 amide bonds. The molecule has 4 aromatic rings. The second-order valence-electron chi connectivity index (χ2n) is 12.0. The van der Waals surface area contributed by atoms with E-state index in [0.29, 0.717) is 32.4 Å². The molecule has 1 heterocycles. The van der Waals surface area contributed by atoms with Crippen LogP contribution in [0.15, 0.2) is 103 Å². The van der Waals surface area contributed by atoms with Crippen molar-refractivity contribution in [2.45, 2.75) is 63.2 Å². The first kappa shape index (κ1) is 31.7. The van der Waals surface area contributed by atoms with E-state index in [9.17, 15) is 9.59 Å². The Morgan fingerprint density at radius 1 is 0.911 bits per heavy atom. The Labute approximate surface area is 265 Å². The van der Waals surface area contributed by atoms with E-state index >= 15 is 0 Å². The summed E-state index contributed by atoms with van der Waals surface area (Å²) in [5.74, 6) is -0.348. The van der Waals surface area contributed by atoms with Gasteiger partial charge < -0.3 is 21.3 Å². The molecular weight excluding hydrogens is 560 g/mol. The Kier molecular flexibility index (Phi) is 10.5. The standard InChI is InChI=1S/C37H44N6O2/c1-3-32(42-37(38)39)35-36(45)43(24-31(28-13-6-4-7-14-28)29-15-8-5-9-16-29)21-20-33(41-35)34(40-25(2)44)23-26-18-19-27-12-10-11-17-30(27)22-26/h4-19,22,31-35,41H,3,20-21,23-24H2,1-2H3,(H,40,44)(H4,38,39,42)/t32?,33-,34-,35-/m0/s1. The lowest BCUT2D eigenvalue weighted by Crippen LogP contribution is -2.61. The van der Waals surface area contributed by atoms with Crippen molar-refractivity contribution in [3.63, 3.8) is 0 Å². The van der Waals surface area contributed by atoms with Crippen LogP contribution in [-0.2, 0) is 16.0 Å². The summed E-state index contributed by atoms with van der Waals surface area (Å²) < 4.78 is 0. The van der Waals surface area contributed by atoms with Crippen LogP contribution >= 0.6 is 0 Å². The van der Waals surface area contributed by atoms with Crippen LogP contribution in [0, 0.1) is 5.41 Å². The maximum atomic E-state index is 14.4. The van der Waals surface area contributed by atoms with E-state index in [0.717, 1.165) is 22.1 Å². The van der Waals surface area contributed by atoms with Crippen molar-refractivity contribution in [1.29, 1.82) is 5.41 Å². The summed E-state index contributed by atoms with van der Waals surface area (Å²) in [6.07, 6.45) is 1.84. The van der Waals surface area contributed by atoms with E-state index in [1.807, 2.05) is 60.4 Å². The predicted molar refractivity (Wildman–Crippen MR) is 181 cm³/mol. The number of nitrogens with one attached hydrogen (secondary N) is 4. The molecule has 0 aromatic heterocycles. The summed E-state index contributed by atoms with van der Waals surface area (Å²) in [5, 5.41) is 20.1. The molecule has 0 radical (unpaired) electrons. The van der Waals surface area contributed by atoms with Gasteiger partial charge in [0.25, 0.3) is 0 Å². The summed E-state index contributed by atoms with van der Waals surface area (Å²) in [4.78, 5) is 28.9. The maximum Gasteiger partial charge on any atom is 0.241 e. The molecule has 0 aliphatic carbocycles. The lowest BCUT2D eigenvalue weighted by atomic mass is 9.90. The molecule has 4 aromatic carbocycles. The van der Waals surface area contributed by atoms with Crippen LogP contribution in [0.3, 0.4) is 0 Å². The quantitative estimate of drug-likeness (QED) is 0.127. The normalized spacial score (nSPS) is 18.3. The van der Waals surface area contributed by atoms with Crippen molar-refractivity contribution in [1.82, 2.24) is 20.9 Å². The zero-order chi connectivity index (χ0) is 31.8. The highest BCUT2D eigenvalue weighted by Gasteiger charge is 2.39. The van der Waals surface area contributed by atoms with Crippen LogP contribution in [0.1, 0.15) is 49.3 Å². The predicted octanol–water partition coefficient (Wildman–Crippen LogP) is 4.54. The van der Waals surface area contributed by atoms with Gasteiger partial charge in [-0.3, -0.25) is 20.3 Å². The van der Waals surface area contributed by atoms with Crippen LogP contribution in [0.2, 0.25) is 0 Å². The van der Waals surface area contributed by atoms with Gasteiger partial charge in [0.15, 0.2) is 5.96 Å². The van der Waals surface area contributed by atoms with Gasteiger partial charge in [0, 0.05) is 38.0 Å². The fraction of sp³-hybridized carbons (Fsp3) is 0.324. The smallest absolute Gasteiger partial charge is 0.241 e. The van der Waals surface area contributed by atoms with E-state index in [4.69, 9.17) is 11.1 Å². The van der Waals surface area contributed by atoms with Crippen molar-refractivity contribution in [2.75, 3.05) is 13.1 Å². The summed E-state index contributed by atoms with van der Waals surface area (Å²) in [6, 6.07) is 33.7. The number of carbonyl (C=O) groups is 2. The maximum absolute atomic E-state index is 14.4. The van der Waals surface area contributed by atoms with E-state index in [1.165, 1.54) is 12.3 Å². The number of amides is 2. The number of hydrogen-bond donors (Lipinski definition) is 5. The highest BCUT2D eigenvalue weighted by Crippen LogP contribution is 2.28. The van der Waals surface area contributed by atoms with Gasteiger partial charge in [0.1, 0.15) is 6.04 Å². The molecule has 1 aliphatic heterocycles. The van der Waals surface area contributed by atoms with Crippen molar-refractivity contribution in [2.24, 2.45) is 5.73 Å². The Morgan fingerprint density at radius 2 is 1.53 bits per heavy atom. The first-order chi connectivity index (χ1) is 21.8. The average Bonchev–Trinajstić information content (AvgIpc) is 3.21. The summed E-state index contributed by atoms with van der Waals surface area (Å²) in [6.45, 7) is 4.55. The van der Waals surface area contributed by atoms with E-state index < -0.39 is 12.1 Å². The molecule has 234 valence electrons. The third-order valence-corrected chi connectivity index (χ3v) is 8.82. The largest absolute Gasteiger partial charge is 0.370 e. The summed E-state index contributed by atoms with van der Waals surface area (Å²) >= 11 is 0. The molecule has 0 spiro atoms. The minimum absolute atomic E-state index is 0.0156. The Bertz CT molecular complexity index is 1560. The average molecular weight is 605 g/mol. The second kappa shape index (κ2) is 14.9. The molecule has 45 heavy (non-hydrogen) atoms. The Hall–Kier alpha value is -4.69. The first-order valence-corrected chi connectivity index (χ1v) is 15.8. The monoisotopic (exact) mass is 604 g/mol. The van der Waals surface area contributed by atoms with E-state index in [-0.39, 0.29) is 35.8 Å². The second-order valence-corrected chi connectivity index (χ2v) is 12.0. The molecule has 1 aliphatic rings. The molecule has 1 unspecified atom stereocenters. The van der Waals surface area contributed by atoms with Gasteiger partial charge in [-0.05, 0) is 46.7 Å². The Balaban J connectivity index is 1.47. The van der Waals surface area contributed by atoms with E-state index in [1.54, 1.807) is 0 Å². The topological polar surface area (TPSA) is 123 Å². The molecule has 5 rings (SSSR count). The molecular formula is C37H44N6O2. The van der Waals surface area contributed by atoms with Crippen LogP contribution in [0.5, 0.6) is 0 Å². The highest BCUT2D eigenvalue weighted by atomic mass is 16.2. The number of carbonyl (C=O) groups excluding carboxylic acids is 2. The highest BCUT2D eigenvalue weighted by molar-refractivity contribution is 5.85.